The third-order valence-electron chi connectivity index (χ3n) is 6.97. The topological polar surface area (TPSA) is 49.2 Å². The van der Waals surface area contributed by atoms with Crippen LogP contribution in [0.3, 0.4) is 0 Å². The van der Waals surface area contributed by atoms with E-state index in [2.05, 4.69) is 59.2 Å². The number of hydrogen-bond acceptors (Lipinski definition) is 4. The van der Waals surface area contributed by atoms with Crippen molar-refractivity contribution in [2.24, 2.45) is 0 Å². The zero-order chi connectivity index (χ0) is 22.3. The van der Waals surface area contributed by atoms with Gasteiger partial charge < -0.3 is 14.0 Å². The van der Waals surface area contributed by atoms with Gasteiger partial charge in [-0.15, -0.1) is 10.2 Å². The number of aromatic nitrogens is 3. The van der Waals surface area contributed by atoms with Crippen molar-refractivity contribution in [2.45, 2.75) is 43.9 Å². The van der Waals surface area contributed by atoms with Gasteiger partial charge in [-0.2, -0.15) is 0 Å². The monoisotopic (exact) mass is 459 g/mol. The van der Waals surface area contributed by atoms with Gasteiger partial charge >= 0.3 is 0 Å². The molecule has 1 aliphatic carbocycles. The molecule has 0 unspecified atom stereocenters. The van der Waals surface area contributed by atoms with Crippen LogP contribution in [0.1, 0.15) is 43.1 Å². The summed E-state index contributed by atoms with van der Waals surface area (Å²) in [5, 5.41) is 12.6. The summed E-state index contributed by atoms with van der Waals surface area (Å²) in [6.45, 7) is 1.39. The van der Waals surface area contributed by atoms with Crippen LogP contribution in [0.5, 0.6) is 0 Å². The summed E-state index contributed by atoms with van der Waals surface area (Å²) in [6, 6.07) is 23.2. The van der Waals surface area contributed by atoms with Crippen LogP contribution >= 0.6 is 11.6 Å². The normalized spacial score (nSPS) is 18.3. The summed E-state index contributed by atoms with van der Waals surface area (Å²) in [5.41, 5.74) is 2.30. The molecule has 2 fully saturated rings. The predicted molar refractivity (Wildman–Crippen MR) is 129 cm³/mol. The Hall–Kier alpha value is -2.73. The van der Waals surface area contributed by atoms with Crippen molar-refractivity contribution in [3.63, 3.8) is 0 Å². The number of benzene rings is 3. The van der Waals surface area contributed by atoms with Gasteiger partial charge in [0.15, 0.2) is 11.6 Å². The van der Waals surface area contributed by atoms with Crippen molar-refractivity contribution in [3.8, 4) is 11.4 Å². The summed E-state index contributed by atoms with van der Waals surface area (Å²) in [6.07, 6.45) is 4.45. The van der Waals surface area contributed by atoms with E-state index >= 15 is 0 Å². The molecule has 3 aromatic carbocycles. The molecule has 0 amide bonds. The second-order valence-electron chi connectivity index (χ2n) is 8.98. The number of fused-ring (bicyclic) bond motifs is 1. The second-order valence-corrected chi connectivity index (χ2v) is 9.42. The maximum absolute atomic E-state index is 6.11. The van der Waals surface area contributed by atoms with Crippen LogP contribution in [0.4, 0.5) is 0 Å². The minimum Gasteiger partial charge on any atom is -0.348 e. The number of halogens is 1. The van der Waals surface area contributed by atoms with E-state index in [1.807, 2.05) is 12.1 Å². The highest BCUT2D eigenvalue weighted by Gasteiger charge is 2.41. The van der Waals surface area contributed by atoms with E-state index in [1.54, 1.807) is 0 Å². The van der Waals surface area contributed by atoms with E-state index in [1.165, 1.54) is 16.3 Å². The van der Waals surface area contributed by atoms with Gasteiger partial charge in [-0.25, -0.2) is 0 Å². The van der Waals surface area contributed by atoms with E-state index < -0.39 is 0 Å². The molecule has 33 heavy (non-hydrogen) atoms. The van der Waals surface area contributed by atoms with Crippen molar-refractivity contribution in [1.82, 2.24) is 14.8 Å². The third kappa shape index (κ3) is 3.95. The Balaban J connectivity index is 1.42. The van der Waals surface area contributed by atoms with Gasteiger partial charge in [0, 0.05) is 35.9 Å². The van der Waals surface area contributed by atoms with Crippen molar-refractivity contribution in [3.05, 3.63) is 83.1 Å². The number of nitrogens with zero attached hydrogens (tertiary/aromatic N) is 3. The molecular weight excluding hydrogens is 434 g/mol. The molecule has 2 aliphatic rings. The van der Waals surface area contributed by atoms with Gasteiger partial charge in [-0.05, 0) is 41.3 Å². The lowest BCUT2D eigenvalue weighted by Crippen LogP contribution is -2.36. The van der Waals surface area contributed by atoms with E-state index in [0.29, 0.717) is 25.7 Å². The van der Waals surface area contributed by atoms with Gasteiger partial charge in [-0.3, -0.25) is 0 Å². The molecule has 1 saturated heterocycles. The Kier molecular flexibility index (Phi) is 5.41. The van der Waals surface area contributed by atoms with Gasteiger partial charge in [0.25, 0.3) is 0 Å². The van der Waals surface area contributed by atoms with Crippen molar-refractivity contribution >= 4 is 22.4 Å². The van der Waals surface area contributed by atoms with Gasteiger partial charge in [0.1, 0.15) is 5.82 Å². The van der Waals surface area contributed by atoms with Crippen LogP contribution in [-0.4, -0.2) is 33.8 Å². The third-order valence-corrected chi connectivity index (χ3v) is 7.22. The summed E-state index contributed by atoms with van der Waals surface area (Å²) in [5.74, 6) is 1.53. The molecule has 6 rings (SSSR count). The average molecular weight is 460 g/mol. The molecule has 0 N–H and O–H groups in total. The lowest BCUT2D eigenvalue weighted by Gasteiger charge is -2.36. The van der Waals surface area contributed by atoms with E-state index in [4.69, 9.17) is 31.3 Å². The van der Waals surface area contributed by atoms with Crippen LogP contribution in [0.15, 0.2) is 66.7 Å². The van der Waals surface area contributed by atoms with Crippen LogP contribution in [0.25, 0.3) is 22.2 Å². The minimum absolute atomic E-state index is 0.301. The molecule has 2 heterocycles. The zero-order valence-electron chi connectivity index (χ0n) is 18.4. The first-order valence-electron chi connectivity index (χ1n) is 11.7. The molecule has 168 valence electrons. The largest absolute Gasteiger partial charge is 0.348 e. The van der Waals surface area contributed by atoms with Crippen LogP contribution in [0, 0.1) is 0 Å². The Bertz CT molecular complexity index is 1260. The first-order chi connectivity index (χ1) is 16.2. The van der Waals surface area contributed by atoms with Crippen LogP contribution < -0.4 is 0 Å². The predicted octanol–water partition coefficient (Wildman–Crippen LogP) is 6.20. The molecule has 1 saturated carbocycles. The number of hydrogen-bond donors (Lipinski definition) is 0. The fourth-order valence-corrected chi connectivity index (χ4v) is 5.43. The van der Waals surface area contributed by atoms with Crippen LogP contribution in [-0.2, 0) is 15.9 Å². The zero-order valence-corrected chi connectivity index (χ0v) is 19.2. The number of rotatable bonds is 4. The van der Waals surface area contributed by atoms with Crippen molar-refractivity contribution < 1.29 is 9.47 Å². The molecule has 1 spiro atoms. The summed E-state index contributed by atoms with van der Waals surface area (Å²) >= 11 is 6.11. The van der Waals surface area contributed by atoms with E-state index in [0.717, 1.165) is 47.9 Å². The van der Waals surface area contributed by atoms with E-state index in [9.17, 15) is 0 Å². The highest BCUT2D eigenvalue weighted by atomic mass is 35.5. The maximum atomic E-state index is 6.11. The Morgan fingerprint density at radius 2 is 1.61 bits per heavy atom. The summed E-state index contributed by atoms with van der Waals surface area (Å²) in [4.78, 5) is 0. The second kappa shape index (κ2) is 8.56. The fraction of sp³-hybridized carbons (Fsp3) is 0.333. The molecule has 0 radical (unpaired) electrons. The highest BCUT2D eigenvalue weighted by molar-refractivity contribution is 6.30. The smallest absolute Gasteiger partial charge is 0.168 e. The summed E-state index contributed by atoms with van der Waals surface area (Å²) < 4.78 is 14.3. The van der Waals surface area contributed by atoms with Crippen molar-refractivity contribution in [1.29, 1.82) is 0 Å². The first-order valence-corrected chi connectivity index (χ1v) is 12.0. The van der Waals surface area contributed by atoms with Gasteiger partial charge in [0.2, 0.25) is 0 Å². The first kappa shape index (κ1) is 20.8. The molecule has 6 heteroatoms. The lowest BCUT2D eigenvalue weighted by atomic mass is 9.89. The Labute approximate surface area is 198 Å². The van der Waals surface area contributed by atoms with Crippen LogP contribution in [0.2, 0.25) is 5.02 Å². The standard InChI is InChI=1S/C27H26ClN3O2/c28-21-10-8-19(9-11-21)18-25-29-30-26(24-7-3-5-20-4-1-2-6-23(20)24)31(25)22-12-14-27(15-13-22)32-16-17-33-27/h1-11,22H,12-18H2. The van der Waals surface area contributed by atoms with Crippen molar-refractivity contribution in [2.75, 3.05) is 13.2 Å². The van der Waals surface area contributed by atoms with Gasteiger partial charge in [-0.1, -0.05) is 66.2 Å². The molecule has 1 aliphatic heterocycles. The fourth-order valence-electron chi connectivity index (χ4n) is 5.30. The molecule has 4 aromatic rings. The molecule has 0 atom stereocenters. The quantitative estimate of drug-likeness (QED) is 0.364. The molecule has 5 nitrogen and oxygen atoms in total. The SMILES string of the molecule is Clc1ccc(Cc2nnc(-c3cccc4ccccc34)n2C2CCC3(CC2)OCCO3)cc1. The van der Waals surface area contributed by atoms with E-state index in [-0.39, 0.29) is 5.79 Å². The van der Waals surface area contributed by atoms with Gasteiger partial charge in [0.05, 0.1) is 13.2 Å². The maximum Gasteiger partial charge on any atom is 0.168 e. The summed E-state index contributed by atoms with van der Waals surface area (Å²) in [7, 11) is 0. The molecule has 0 bridgehead atoms. The highest BCUT2D eigenvalue weighted by Crippen LogP contribution is 2.42. The molecule has 1 aromatic heterocycles. The average Bonchev–Trinajstić information content (AvgIpc) is 3.48. The minimum atomic E-state index is -0.388. The number of ether oxygens (including phenoxy) is 2. The molecular formula is C27H26ClN3O2. The Morgan fingerprint density at radius 1 is 0.879 bits per heavy atom. The Morgan fingerprint density at radius 3 is 2.39 bits per heavy atom. The lowest BCUT2D eigenvalue weighted by molar-refractivity contribution is -0.181.